The van der Waals surface area contributed by atoms with Gasteiger partial charge in [0, 0.05) is 17.8 Å². The van der Waals surface area contributed by atoms with Gasteiger partial charge < -0.3 is 4.74 Å². The van der Waals surface area contributed by atoms with E-state index in [2.05, 4.69) is 10.1 Å². The number of nitrogens with zero attached hydrogens (tertiary/aromatic N) is 3. The van der Waals surface area contributed by atoms with Crippen LogP contribution >= 0.6 is 11.3 Å². The number of hydrogen-bond donors (Lipinski definition) is 0. The first kappa shape index (κ1) is 14.7. The standard InChI is InChI=1S/C19H15N3OS/c1-2-6-16(7-3-1)22-12-10-15(21-22)14-23-18-9-5-4-8-17(18)19-20-11-13-24-19/h1-13H,14H2. The van der Waals surface area contributed by atoms with E-state index in [0.29, 0.717) is 6.61 Å². The summed E-state index contributed by atoms with van der Waals surface area (Å²) in [5.41, 5.74) is 2.93. The van der Waals surface area contributed by atoms with Crippen LogP contribution in [0, 0.1) is 0 Å². The highest BCUT2D eigenvalue weighted by Gasteiger charge is 2.09. The fourth-order valence-electron chi connectivity index (χ4n) is 2.44. The van der Waals surface area contributed by atoms with Crippen molar-refractivity contribution in [3.05, 3.63) is 84.1 Å². The van der Waals surface area contributed by atoms with Crippen molar-refractivity contribution in [3.8, 4) is 22.0 Å². The molecule has 4 rings (SSSR count). The molecule has 0 atom stereocenters. The number of thiazole rings is 1. The largest absolute Gasteiger partial charge is 0.486 e. The van der Waals surface area contributed by atoms with E-state index in [1.54, 1.807) is 17.5 Å². The number of benzene rings is 2. The summed E-state index contributed by atoms with van der Waals surface area (Å²) in [6, 6.07) is 20.0. The Kier molecular flexibility index (Phi) is 4.08. The Morgan fingerprint density at radius 1 is 0.958 bits per heavy atom. The molecule has 24 heavy (non-hydrogen) atoms. The molecule has 0 bridgehead atoms. The number of ether oxygens (including phenoxy) is 1. The predicted molar refractivity (Wildman–Crippen MR) is 95.4 cm³/mol. The minimum atomic E-state index is 0.419. The molecule has 0 aliphatic carbocycles. The Balaban J connectivity index is 1.51. The number of aromatic nitrogens is 3. The van der Waals surface area contributed by atoms with E-state index < -0.39 is 0 Å². The number of hydrogen-bond acceptors (Lipinski definition) is 4. The average molecular weight is 333 g/mol. The minimum absolute atomic E-state index is 0.419. The Hall–Kier alpha value is -2.92. The zero-order valence-corrected chi connectivity index (χ0v) is 13.7. The third kappa shape index (κ3) is 3.07. The molecular formula is C19H15N3OS. The van der Waals surface area contributed by atoms with Gasteiger partial charge >= 0.3 is 0 Å². The van der Waals surface area contributed by atoms with Crippen LogP contribution in [-0.2, 0) is 6.61 Å². The molecule has 0 unspecified atom stereocenters. The van der Waals surface area contributed by atoms with Crippen molar-refractivity contribution in [3.63, 3.8) is 0 Å². The molecule has 2 heterocycles. The Labute approximate surface area is 144 Å². The van der Waals surface area contributed by atoms with Crippen LogP contribution in [0.5, 0.6) is 5.75 Å². The van der Waals surface area contributed by atoms with Crippen molar-refractivity contribution in [1.29, 1.82) is 0 Å². The summed E-state index contributed by atoms with van der Waals surface area (Å²) < 4.78 is 7.84. The monoisotopic (exact) mass is 333 g/mol. The van der Waals surface area contributed by atoms with E-state index in [4.69, 9.17) is 4.74 Å². The molecule has 0 radical (unpaired) electrons. The maximum absolute atomic E-state index is 5.99. The smallest absolute Gasteiger partial charge is 0.132 e. The minimum Gasteiger partial charge on any atom is -0.486 e. The van der Waals surface area contributed by atoms with Gasteiger partial charge in [0.1, 0.15) is 23.1 Å². The van der Waals surface area contributed by atoms with Gasteiger partial charge in [-0.2, -0.15) is 5.10 Å². The third-order valence-electron chi connectivity index (χ3n) is 3.59. The topological polar surface area (TPSA) is 39.9 Å². The van der Waals surface area contributed by atoms with Gasteiger partial charge in [-0.25, -0.2) is 9.67 Å². The molecule has 4 nitrogen and oxygen atoms in total. The van der Waals surface area contributed by atoms with Crippen LogP contribution < -0.4 is 4.74 Å². The lowest BCUT2D eigenvalue weighted by molar-refractivity contribution is 0.302. The molecule has 0 aliphatic heterocycles. The molecule has 0 amide bonds. The van der Waals surface area contributed by atoms with E-state index in [1.807, 2.05) is 76.9 Å². The summed E-state index contributed by atoms with van der Waals surface area (Å²) in [6.07, 6.45) is 3.75. The van der Waals surface area contributed by atoms with Gasteiger partial charge in [-0.1, -0.05) is 30.3 Å². The second-order valence-corrected chi connectivity index (χ2v) is 6.10. The van der Waals surface area contributed by atoms with E-state index in [-0.39, 0.29) is 0 Å². The van der Waals surface area contributed by atoms with Crippen LogP contribution in [0.25, 0.3) is 16.3 Å². The van der Waals surface area contributed by atoms with Gasteiger partial charge in [0.2, 0.25) is 0 Å². The van der Waals surface area contributed by atoms with Crippen LogP contribution in [-0.4, -0.2) is 14.8 Å². The lowest BCUT2D eigenvalue weighted by Gasteiger charge is -2.08. The van der Waals surface area contributed by atoms with Crippen LogP contribution in [0.3, 0.4) is 0 Å². The van der Waals surface area contributed by atoms with Gasteiger partial charge in [0.15, 0.2) is 0 Å². The van der Waals surface area contributed by atoms with Gasteiger partial charge in [-0.15, -0.1) is 11.3 Å². The molecule has 118 valence electrons. The number of rotatable bonds is 5. The molecule has 0 saturated heterocycles. The summed E-state index contributed by atoms with van der Waals surface area (Å²) in [5, 5.41) is 7.49. The molecule has 5 heteroatoms. The molecule has 0 saturated carbocycles. The molecule has 0 spiro atoms. The Morgan fingerprint density at radius 2 is 1.79 bits per heavy atom. The molecule has 0 fully saturated rings. The van der Waals surface area contributed by atoms with E-state index in [9.17, 15) is 0 Å². The lowest BCUT2D eigenvalue weighted by Crippen LogP contribution is -2.00. The van der Waals surface area contributed by atoms with Gasteiger partial charge in [0.25, 0.3) is 0 Å². The van der Waals surface area contributed by atoms with Gasteiger partial charge in [-0.05, 0) is 30.3 Å². The molecule has 4 aromatic rings. The van der Waals surface area contributed by atoms with E-state index >= 15 is 0 Å². The molecule has 2 aromatic heterocycles. The second-order valence-electron chi connectivity index (χ2n) is 5.21. The summed E-state index contributed by atoms with van der Waals surface area (Å²) in [5.74, 6) is 0.821. The highest BCUT2D eigenvalue weighted by atomic mass is 32.1. The SMILES string of the molecule is c1ccc(-n2ccc(COc3ccccc3-c3nccs3)n2)cc1. The zero-order chi connectivity index (χ0) is 16.2. The van der Waals surface area contributed by atoms with Crippen molar-refractivity contribution in [2.45, 2.75) is 6.61 Å². The van der Waals surface area contributed by atoms with Crippen molar-refractivity contribution in [1.82, 2.24) is 14.8 Å². The molecular weight excluding hydrogens is 318 g/mol. The summed E-state index contributed by atoms with van der Waals surface area (Å²) >= 11 is 1.60. The van der Waals surface area contributed by atoms with Crippen molar-refractivity contribution in [2.75, 3.05) is 0 Å². The van der Waals surface area contributed by atoms with Crippen LogP contribution in [0.1, 0.15) is 5.69 Å². The summed E-state index contributed by atoms with van der Waals surface area (Å²) in [7, 11) is 0. The molecule has 0 N–H and O–H groups in total. The van der Waals surface area contributed by atoms with Crippen molar-refractivity contribution >= 4 is 11.3 Å². The first-order valence-electron chi connectivity index (χ1n) is 7.62. The predicted octanol–water partition coefficient (Wildman–Crippen LogP) is 4.57. The Morgan fingerprint density at radius 3 is 2.62 bits per heavy atom. The quantitative estimate of drug-likeness (QED) is 0.537. The highest BCUT2D eigenvalue weighted by Crippen LogP contribution is 2.31. The fourth-order valence-corrected chi connectivity index (χ4v) is 3.11. The normalized spacial score (nSPS) is 10.7. The first-order chi connectivity index (χ1) is 11.9. The van der Waals surface area contributed by atoms with E-state index in [0.717, 1.165) is 27.7 Å². The lowest BCUT2D eigenvalue weighted by atomic mass is 10.2. The number of para-hydroxylation sites is 2. The fraction of sp³-hybridized carbons (Fsp3) is 0.0526. The first-order valence-corrected chi connectivity index (χ1v) is 8.50. The van der Waals surface area contributed by atoms with Crippen LogP contribution in [0.4, 0.5) is 0 Å². The van der Waals surface area contributed by atoms with E-state index in [1.165, 1.54) is 0 Å². The summed E-state index contributed by atoms with van der Waals surface area (Å²) in [4.78, 5) is 4.36. The zero-order valence-electron chi connectivity index (χ0n) is 12.9. The second kappa shape index (κ2) is 6.68. The van der Waals surface area contributed by atoms with Crippen molar-refractivity contribution < 1.29 is 4.74 Å². The average Bonchev–Trinajstić information content (AvgIpc) is 3.33. The highest BCUT2D eigenvalue weighted by molar-refractivity contribution is 7.13. The maximum atomic E-state index is 5.99. The molecule has 0 aliphatic rings. The Bertz CT molecular complexity index is 917. The summed E-state index contributed by atoms with van der Waals surface area (Å²) in [6.45, 7) is 0.419. The molecule has 2 aromatic carbocycles. The maximum Gasteiger partial charge on any atom is 0.132 e. The van der Waals surface area contributed by atoms with Crippen LogP contribution in [0.15, 0.2) is 78.4 Å². The van der Waals surface area contributed by atoms with Gasteiger partial charge in [0.05, 0.1) is 11.3 Å². The van der Waals surface area contributed by atoms with Crippen LogP contribution in [0.2, 0.25) is 0 Å². The van der Waals surface area contributed by atoms with Crippen molar-refractivity contribution in [2.24, 2.45) is 0 Å². The third-order valence-corrected chi connectivity index (χ3v) is 4.40. The van der Waals surface area contributed by atoms with Gasteiger partial charge in [-0.3, -0.25) is 0 Å².